The second-order valence-corrected chi connectivity index (χ2v) is 3.90. The van der Waals surface area contributed by atoms with Crippen molar-refractivity contribution in [1.82, 2.24) is 0 Å². The number of ketones is 1. The number of carbonyl (C=O) groups is 1. The fourth-order valence-electron chi connectivity index (χ4n) is 1.62. The van der Waals surface area contributed by atoms with Crippen molar-refractivity contribution in [1.29, 1.82) is 0 Å². The minimum atomic E-state index is -0.304. The van der Waals surface area contributed by atoms with Gasteiger partial charge in [-0.3, -0.25) is 4.79 Å². The highest BCUT2D eigenvalue weighted by Gasteiger charge is 2.44. The molecule has 0 bridgehead atoms. The third kappa shape index (κ3) is 1.13. The molecule has 0 saturated carbocycles. The zero-order chi connectivity index (χ0) is 9.47. The lowest BCUT2D eigenvalue weighted by Crippen LogP contribution is -2.65. The summed E-state index contributed by atoms with van der Waals surface area (Å²) in [4.78, 5) is 13.4. The molecule has 0 radical (unpaired) electrons. The van der Waals surface area contributed by atoms with E-state index in [1.807, 2.05) is 44.2 Å². The maximum Gasteiger partial charge on any atom is 0.176 e. The molecule has 2 rings (SSSR count). The second kappa shape index (κ2) is 2.59. The lowest BCUT2D eigenvalue weighted by molar-refractivity contribution is -0.127. The normalized spacial score (nSPS) is 19.8. The molecule has 0 aliphatic carbocycles. The summed E-state index contributed by atoms with van der Waals surface area (Å²) in [6, 6.07) is 10.0. The maximum absolute atomic E-state index is 11.3. The SMILES string of the molecule is CC1(C)C(=O)CN1c1ccccc1. The van der Waals surface area contributed by atoms with Crippen LogP contribution in [-0.2, 0) is 4.79 Å². The van der Waals surface area contributed by atoms with Crippen LogP contribution in [0, 0.1) is 0 Å². The van der Waals surface area contributed by atoms with Crippen LogP contribution in [-0.4, -0.2) is 17.9 Å². The highest BCUT2D eigenvalue weighted by molar-refractivity contribution is 6.02. The molecule has 1 aliphatic heterocycles. The van der Waals surface area contributed by atoms with Gasteiger partial charge in [0, 0.05) is 5.69 Å². The number of anilines is 1. The molecule has 1 saturated heterocycles. The van der Waals surface area contributed by atoms with Gasteiger partial charge in [0.25, 0.3) is 0 Å². The van der Waals surface area contributed by atoms with Crippen LogP contribution in [0.3, 0.4) is 0 Å². The van der Waals surface area contributed by atoms with Gasteiger partial charge in [0.2, 0.25) is 0 Å². The van der Waals surface area contributed by atoms with Crippen molar-refractivity contribution in [2.45, 2.75) is 19.4 Å². The van der Waals surface area contributed by atoms with Gasteiger partial charge in [-0.05, 0) is 26.0 Å². The Morgan fingerprint density at radius 1 is 1.23 bits per heavy atom. The zero-order valence-corrected chi connectivity index (χ0v) is 7.95. The van der Waals surface area contributed by atoms with E-state index in [9.17, 15) is 4.79 Å². The molecule has 1 fully saturated rings. The Morgan fingerprint density at radius 3 is 2.31 bits per heavy atom. The molecule has 1 heterocycles. The fraction of sp³-hybridized carbons (Fsp3) is 0.364. The van der Waals surface area contributed by atoms with Crippen LogP contribution in [0.5, 0.6) is 0 Å². The lowest BCUT2D eigenvalue weighted by Gasteiger charge is -2.48. The Morgan fingerprint density at radius 2 is 1.85 bits per heavy atom. The van der Waals surface area contributed by atoms with Crippen molar-refractivity contribution in [3.63, 3.8) is 0 Å². The van der Waals surface area contributed by atoms with Crippen LogP contribution in [0.15, 0.2) is 30.3 Å². The van der Waals surface area contributed by atoms with Crippen LogP contribution >= 0.6 is 0 Å². The van der Waals surface area contributed by atoms with Gasteiger partial charge in [-0.25, -0.2) is 0 Å². The Hall–Kier alpha value is -1.31. The molecule has 0 unspecified atom stereocenters. The second-order valence-electron chi connectivity index (χ2n) is 3.90. The number of hydrogen-bond acceptors (Lipinski definition) is 2. The van der Waals surface area contributed by atoms with E-state index in [0.29, 0.717) is 12.3 Å². The van der Waals surface area contributed by atoms with E-state index in [2.05, 4.69) is 4.90 Å². The van der Waals surface area contributed by atoms with Crippen molar-refractivity contribution in [3.05, 3.63) is 30.3 Å². The van der Waals surface area contributed by atoms with Gasteiger partial charge in [0.15, 0.2) is 5.78 Å². The van der Waals surface area contributed by atoms with Gasteiger partial charge in [-0.1, -0.05) is 18.2 Å². The largest absolute Gasteiger partial charge is 0.352 e. The van der Waals surface area contributed by atoms with E-state index in [4.69, 9.17) is 0 Å². The number of carbonyl (C=O) groups excluding carboxylic acids is 1. The van der Waals surface area contributed by atoms with Crippen molar-refractivity contribution >= 4 is 11.5 Å². The molecule has 13 heavy (non-hydrogen) atoms. The summed E-state index contributed by atoms with van der Waals surface area (Å²) in [5.74, 6) is 0.316. The Labute approximate surface area is 78.2 Å². The molecule has 0 amide bonds. The van der Waals surface area contributed by atoms with Gasteiger partial charge in [0.1, 0.15) is 0 Å². The number of rotatable bonds is 1. The molecule has 1 aromatic carbocycles. The Bertz CT molecular complexity index is 329. The van der Waals surface area contributed by atoms with E-state index in [0.717, 1.165) is 5.69 Å². The summed E-state index contributed by atoms with van der Waals surface area (Å²) in [7, 11) is 0. The highest BCUT2D eigenvalue weighted by atomic mass is 16.1. The molecule has 1 aliphatic rings. The average molecular weight is 175 g/mol. The van der Waals surface area contributed by atoms with Crippen LogP contribution in [0.2, 0.25) is 0 Å². The Kier molecular flexibility index (Phi) is 1.65. The van der Waals surface area contributed by atoms with Crippen LogP contribution in [0.4, 0.5) is 5.69 Å². The zero-order valence-electron chi connectivity index (χ0n) is 7.95. The van der Waals surface area contributed by atoms with Crippen LogP contribution < -0.4 is 4.90 Å². The maximum atomic E-state index is 11.3. The molecule has 0 N–H and O–H groups in total. The number of Topliss-reactive ketones (excluding diaryl/α,β-unsaturated/α-hetero) is 1. The molecule has 2 heteroatoms. The van der Waals surface area contributed by atoms with E-state index >= 15 is 0 Å². The fourth-order valence-corrected chi connectivity index (χ4v) is 1.62. The summed E-state index contributed by atoms with van der Waals surface area (Å²) < 4.78 is 0. The van der Waals surface area contributed by atoms with Gasteiger partial charge in [-0.15, -0.1) is 0 Å². The number of para-hydroxylation sites is 1. The summed E-state index contributed by atoms with van der Waals surface area (Å²) in [6.07, 6.45) is 0. The third-order valence-electron chi connectivity index (χ3n) is 2.73. The first-order chi connectivity index (χ1) is 6.12. The standard InChI is InChI=1S/C11H13NO/c1-11(2)10(13)8-12(11)9-6-4-3-5-7-9/h3-7H,8H2,1-2H3. The topological polar surface area (TPSA) is 20.3 Å². The molecule has 68 valence electrons. The molecule has 0 atom stereocenters. The first-order valence-electron chi connectivity index (χ1n) is 4.48. The van der Waals surface area contributed by atoms with E-state index in [1.165, 1.54) is 0 Å². The summed E-state index contributed by atoms with van der Waals surface area (Å²) in [5.41, 5.74) is 0.827. The number of nitrogens with zero attached hydrogens (tertiary/aromatic N) is 1. The first-order valence-corrected chi connectivity index (χ1v) is 4.48. The predicted molar refractivity (Wildman–Crippen MR) is 52.9 cm³/mol. The molecule has 0 spiro atoms. The number of benzene rings is 1. The monoisotopic (exact) mass is 175 g/mol. The lowest BCUT2D eigenvalue weighted by atomic mass is 9.86. The van der Waals surface area contributed by atoms with Gasteiger partial charge < -0.3 is 4.90 Å². The number of hydrogen-bond donors (Lipinski definition) is 0. The minimum Gasteiger partial charge on any atom is -0.352 e. The van der Waals surface area contributed by atoms with Crippen molar-refractivity contribution in [2.24, 2.45) is 0 Å². The van der Waals surface area contributed by atoms with Gasteiger partial charge in [0.05, 0.1) is 12.1 Å². The van der Waals surface area contributed by atoms with E-state index in [-0.39, 0.29) is 5.54 Å². The quantitative estimate of drug-likeness (QED) is 0.649. The molecular formula is C11H13NO. The molecular weight excluding hydrogens is 162 g/mol. The Balaban J connectivity index is 2.27. The minimum absolute atomic E-state index is 0.304. The molecule has 1 aromatic rings. The van der Waals surface area contributed by atoms with E-state index in [1.54, 1.807) is 0 Å². The van der Waals surface area contributed by atoms with Crippen LogP contribution in [0.25, 0.3) is 0 Å². The summed E-state index contributed by atoms with van der Waals surface area (Å²) in [5, 5.41) is 0. The smallest absolute Gasteiger partial charge is 0.176 e. The predicted octanol–water partition coefficient (Wildman–Crippen LogP) is 1.85. The van der Waals surface area contributed by atoms with Crippen molar-refractivity contribution < 1.29 is 4.79 Å². The van der Waals surface area contributed by atoms with E-state index < -0.39 is 0 Å². The molecule has 2 nitrogen and oxygen atoms in total. The molecule has 0 aromatic heterocycles. The van der Waals surface area contributed by atoms with Gasteiger partial charge >= 0.3 is 0 Å². The van der Waals surface area contributed by atoms with Crippen molar-refractivity contribution in [2.75, 3.05) is 11.4 Å². The third-order valence-corrected chi connectivity index (χ3v) is 2.73. The summed E-state index contributed by atoms with van der Waals surface area (Å²) in [6.45, 7) is 4.48. The van der Waals surface area contributed by atoms with Crippen LogP contribution in [0.1, 0.15) is 13.8 Å². The van der Waals surface area contributed by atoms with Gasteiger partial charge in [-0.2, -0.15) is 0 Å². The summed E-state index contributed by atoms with van der Waals surface area (Å²) >= 11 is 0. The highest BCUT2D eigenvalue weighted by Crippen LogP contribution is 2.31. The average Bonchev–Trinajstić information content (AvgIpc) is 2.15. The van der Waals surface area contributed by atoms with Crippen molar-refractivity contribution in [3.8, 4) is 0 Å². The first kappa shape index (κ1) is 8.30.